The van der Waals surface area contributed by atoms with Gasteiger partial charge in [0.2, 0.25) is 11.8 Å². The van der Waals surface area contributed by atoms with Gasteiger partial charge in [0.15, 0.2) is 0 Å². The fraction of sp³-hybridized carbons (Fsp3) is 0.560. The highest BCUT2D eigenvalue weighted by Gasteiger charge is 2.52. The smallest absolute Gasteiger partial charge is 0.273 e. The zero-order chi connectivity index (χ0) is 22.5. The van der Waals surface area contributed by atoms with Crippen molar-refractivity contribution in [2.24, 2.45) is 0 Å². The van der Waals surface area contributed by atoms with Crippen molar-refractivity contribution in [2.75, 3.05) is 5.32 Å². The van der Waals surface area contributed by atoms with Gasteiger partial charge in [-0.25, -0.2) is 0 Å². The Bertz CT molecular complexity index is 1080. The second kappa shape index (κ2) is 7.94. The summed E-state index contributed by atoms with van der Waals surface area (Å²) in [4.78, 5) is 41.7. The molecular formula is C25H32N4O3. The molecule has 5 rings (SSSR count). The van der Waals surface area contributed by atoms with Gasteiger partial charge in [0.1, 0.15) is 11.2 Å². The van der Waals surface area contributed by atoms with Crippen LogP contribution in [0.1, 0.15) is 75.7 Å². The first-order chi connectivity index (χ1) is 15.4. The van der Waals surface area contributed by atoms with E-state index in [2.05, 4.69) is 10.6 Å². The molecule has 0 saturated heterocycles. The number of para-hydroxylation sites is 1. The van der Waals surface area contributed by atoms with E-state index in [0.717, 1.165) is 62.3 Å². The van der Waals surface area contributed by atoms with Crippen LogP contribution in [0, 0.1) is 0 Å². The minimum Gasteiger partial charge on any atom is -0.351 e. The lowest BCUT2D eigenvalue weighted by Gasteiger charge is -2.47. The zero-order valence-corrected chi connectivity index (χ0v) is 18.9. The average Bonchev–Trinajstić information content (AvgIpc) is 3.50. The molecule has 2 heterocycles. The van der Waals surface area contributed by atoms with E-state index in [1.54, 1.807) is 0 Å². The summed E-state index contributed by atoms with van der Waals surface area (Å²) in [5, 5.41) is 7.00. The number of nitrogens with zero attached hydrogens (tertiary/aromatic N) is 2. The number of nitrogens with one attached hydrogen (secondary N) is 2. The van der Waals surface area contributed by atoms with Gasteiger partial charge >= 0.3 is 0 Å². The monoisotopic (exact) mass is 436 g/mol. The molecule has 2 saturated carbocycles. The molecular weight excluding hydrogens is 404 g/mol. The SMILES string of the molecule is CC(=O)Nc1c2n(c3ccccc13)C[C@](C)(C(=O)NC1CCCC1)N(C1CCCC1)C2=O. The summed E-state index contributed by atoms with van der Waals surface area (Å²) in [6, 6.07) is 7.95. The molecule has 1 aromatic heterocycles. The maximum Gasteiger partial charge on any atom is 0.273 e. The Morgan fingerprint density at radius 3 is 2.38 bits per heavy atom. The molecule has 0 radical (unpaired) electrons. The van der Waals surface area contributed by atoms with Gasteiger partial charge in [-0.2, -0.15) is 0 Å². The van der Waals surface area contributed by atoms with E-state index in [0.29, 0.717) is 17.9 Å². The van der Waals surface area contributed by atoms with Crippen molar-refractivity contribution in [2.45, 2.75) is 89.4 Å². The molecule has 1 aromatic carbocycles. The topological polar surface area (TPSA) is 83.4 Å². The van der Waals surface area contributed by atoms with Crippen LogP contribution in [0.4, 0.5) is 5.69 Å². The van der Waals surface area contributed by atoms with Crippen LogP contribution >= 0.6 is 0 Å². The average molecular weight is 437 g/mol. The number of carbonyl (C=O) groups is 3. The van der Waals surface area contributed by atoms with E-state index in [9.17, 15) is 14.4 Å². The molecule has 2 aliphatic carbocycles. The van der Waals surface area contributed by atoms with Crippen LogP contribution in [0.5, 0.6) is 0 Å². The number of hydrogen-bond acceptors (Lipinski definition) is 3. The number of carbonyl (C=O) groups excluding carboxylic acids is 3. The predicted molar refractivity (Wildman–Crippen MR) is 123 cm³/mol. The summed E-state index contributed by atoms with van der Waals surface area (Å²) < 4.78 is 1.95. The summed E-state index contributed by atoms with van der Waals surface area (Å²) in [6.45, 7) is 3.76. The lowest BCUT2D eigenvalue weighted by Crippen LogP contribution is -2.67. The standard InChI is InChI=1S/C25H32N4O3/c1-16(30)26-21-19-13-7-8-14-20(19)28-15-25(2,24(32)27-17-9-3-4-10-17)29(23(31)22(21)28)18-11-5-6-12-18/h7-8,13-14,17-18H,3-6,9-12,15H2,1-2H3,(H,26,30)(H,27,32)/t25-/m1/s1. The highest BCUT2D eigenvalue weighted by molar-refractivity contribution is 6.14. The molecule has 2 N–H and O–H groups in total. The van der Waals surface area contributed by atoms with E-state index in [1.807, 2.05) is 40.7 Å². The third-order valence-corrected chi connectivity index (χ3v) is 7.56. The zero-order valence-electron chi connectivity index (χ0n) is 18.9. The first-order valence-electron chi connectivity index (χ1n) is 11.9. The second-order valence-corrected chi connectivity index (χ2v) is 9.85. The van der Waals surface area contributed by atoms with Gasteiger partial charge in [0.25, 0.3) is 5.91 Å². The Morgan fingerprint density at radius 1 is 1.03 bits per heavy atom. The van der Waals surface area contributed by atoms with Gasteiger partial charge in [0.05, 0.1) is 17.7 Å². The van der Waals surface area contributed by atoms with Crippen molar-refractivity contribution in [1.82, 2.24) is 14.8 Å². The molecule has 1 atom stereocenters. The van der Waals surface area contributed by atoms with Crippen molar-refractivity contribution in [3.8, 4) is 0 Å². The summed E-state index contributed by atoms with van der Waals surface area (Å²) >= 11 is 0. The number of fused-ring (bicyclic) bond motifs is 3. The van der Waals surface area contributed by atoms with Gasteiger partial charge in [-0.3, -0.25) is 14.4 Å². The third kappa shape index (κ3) is 3.29. The van der Waals surface area contributed by atoms with Crippen LogP contribution in [0.25, 0.3) is 10.9 Å². The normalized spacial score (nSPS) is 24.2. The fourth-order valence-electron chi connectivity index (χ4n) is 6.04. The highest BCUT2D eigenvalue weighted by atomic mass is 16.2. The van der Waals surface area contributed by atoms with Crippen LogP contribution in [0.3, 0.4) is 0 Å². The van der Waals surface area contributed by atoms with Crippen molar-refractivity contribution in [3.05, 3.63) is 30.0 Å². The van der Waals surface area contributed by atoms with E-state index >= 15 is 0 Å². The largest absolute Gasteiger partial charge is 0.351 e. The number of rotatable bonds is 4. The van der Waals surface area contributed by atoms with Crippen LogP contribution in [-0.4, -0.2) is 44.8 Å². The van der Waals surface area contributed by atoms with E-state index in [4.69, 9.17) is 0 Å². The minimum absolute atomic E-state index is 0.0405. The maximum atomic E-state index is 14.1. The molecule has 32 heavy (non-hydrogen) atoms. The van der Waals surface area contributed by atoms with Crippen LogP contribution < -0.4 is 10.6 Å². The summed E-state index contributed by atoms with van der Waals surface area (Å²) in [6.07, 6.45) is 8.24. The number of amides is 3. The Balaban J connectivity index is 1.64. The van der Waals surface area contributed by atoms with Gasteiger partial charge in [-0.05, 0) is 38.7 Å². The fourth-order valence-corrected chi connectivity index (χ4v) is 6.04. The highest BCUT2D eigenvalue weighted by Crippen LogP contribution is 2.42. The third-order valence-electron chi connectivity index (χ3n) is 7.56. The second-order valence-electron chi connectivity index (χ2n) is 9.85. The van der Waals surface area contributed by atoms with E-state index in [1.165, 1.54) is 6.92 Å². The molecule has 7 heteroatoms. The van der Waals surface area contributed by atoms with Crippen molar-refractivity contribution in [1.29, 1.82) is 0 Å². The van der Waals surface area contributed by atoms with E-state index in [-0.39, 0.29) is 29.8 Å². The molecule has 170 valence electrons. The summed E-state index contributed by atoms with van der Waals surface area (Å²) in [5.41, 5.74) is 0.932. The Hall–Kier alpha value is -2.83. The van der Waals surface area contributed by atoms with Crippen LogP contribution in [-0.2, 0) is 16.1 Å². The Labute approximate surface area is 188 Å². The van der Waals surface area contributed by atoms with Crippen molar-refractivity contribution in [3.63, 3.8) is 0 Å². The summed E-state index contributed by atoms with van der Waals surface area (Å²) in [5.74, 6) is -0.432. The van der Waals surface area contributed by atoms with E-state index < -0.39 is 5.54 Å². The molecule has 0 unspecified atom stereocenters. The van der Waals surface area contributed by atoms with Crippen molar-refractivity contribution >= 4 is 34.3 Å². The van der Waals surface area contributed by atoms with Gasteiger partial charge in [-0.1, -0.05) is 43.9 Å². The maximum absolute atomic E-state index is 14.1. The molecule has 0 bridgehead atoms. The molecule has 2 aromatic rings. The lowest BCUT2D eigenvalue weighted by molar-refractivity contribution is -0.135. The quantitative estimate of drug-likeness (QED) is 0.764. The Kier molecular flexibility index (Phi) is 5.22. The van der Waals surface area contributed by atoms with Gasteiger partial charge < -0.3 is 20.1 Å². The first kappa shape index (κ1) is 21.0. The lowest BCUT2D eigenvalue weighted by atomic mass is 9.91. The predicted octanol–water partition coefficient (Wildman–Crippen LogP) is 3.82. The number of anilines is 1. The molecule has 7 nitrogen and oxygen atoms in total. The van der Waals surface area contributed by atoms with Gasteiger partial charge in [-0.15, -0.1) is 0 Å². The molecule has 3 amide bonds. The molecule has 3 aliphatic rings. The molecule has 2 fully saturated rings. The van der Waals surface area contributed by atoms with Crippen LogP contribution in [0.15, 0.2) is 24.3 Å². The van der Waals surface area contributed by atoms with Crippen LogP contribution in [0.2, 0.25) is 0 Å². The van der Waals surface area contributed by atoms with Gasteiger partial charge in [0, 0.05) is 24.4 Å². The summed E-state index contributed by atoms with van der Waals surface area (Å²) in [7, 11) is 0. The minimum atomic E-state index is -0.975. The number of benzene rings is 1. The van der Waals surface area contributed by atoms with Crippen molar-refractivity contribution < 1.29 is 14.4 Å². The molecule has 1 aliphatic heterocycles. The molecule has 0 spiro atoms. The first-order valence-corrected chi connectivity index (χ1v) is 11.9. The Morgan fingerprint density at radius 2 is 1.69 bits per heavy atom. The number of hydrogen-bond donors (Lipinski definition) is 2. The number of aromatic nitrogens is 1.